The van der Waals surface area contributed by atoms with Gasteiger partial charge in [0.05, 0.1) is 13.5 Å². The second kappa shape index (κ2) is 3.44. The number of rotatable bonds is 3. The van der Waals surface area contributed by atoms with Crippen molar-refractivity contribution in [2.75, 3.05) is 7.11 Å². The molecule has 1 N–H and O–H groups in total. The first-order valence-corrected chi connectivity index (χ1v) is 4.29. The minimum absolute atomic E-state index is 0.525. The first-order valence-electron chi connectivity index (χ1n) is 3.47. The van der Waals surface area contributed by atoms with Crippen molar-refractivity contribution >= 4 is 11.3 Å². The van der Waals surface area contributed by atoms with Gasteiger partial charge in [-0.15, -0.1) is 20.4 Å². The van der Waals surface area contributed by atoms with Crippen LogP contribution in [0.15, 0.2) is 0 Å². The van der Waals surface area contributed by atoms with Crippen molar-refractivity contribution in [2.45, 2.75) is 6.42 Å². The third kappa shape index (κ3) is 1.78. The highest BCUT2D eigenvalue weighted by atomic mass is 32.1. The molecule has 0 aliphatic heterocycles. The predicted octanol–water partition coefficient (Wildman–Crippen LogP) is -0.349. The third-order valence-electron chi connectivity index (χ3n) is 1.32. The molecule has 2 aromatic heterocycles. The van der Waals surface area contributed by atoms with E-state index in [0.29, 0.717) is 17.4 Å². The number of nitrogens with one attached hydrogen (secondary N) is 1. The van der Waals surface area contributed by atoms with E-state index in [1.165, 1.54) is 11.3 Å². The minimum Gasteiger partial charge on any atom is -0.472 e. The Bertz CT molecular complexity index is 370. The van der Waals surface area contributed by atoms with E-state index in [2.05, 4.69) is 30.8 Å². The summed E-state index contributed by atoms with van der Waals surface area (Å²) in [5.74, 6) is 0.596. The van der Waals surface area contributed by atoms with Gasteiger partial charge in [0.15, 0.2) is 5.82 Å². The monoisotopic (exact) mass is 198 g/mol. The Morgan fingerprint density at radius 2 is 2.31 bits per heavy atom. The number of tetrazole rings is 1. The molecule has 0 amide bonds. The molecule has 0 aromatic carbocycles. The molecule has 0 aliphatic rings. The van der Waals surface area contributed by atoms with Crippen LogP contribution in [0.1, 0.15) is 10.8 Å². The molecular weight excluding hydrogens is 192 g/mol. The molecule has 0 atom stereocenters. The molecule has 0 bridgehead atoms. The standard InChI is InChI=1S/C5H6N6OS/c1-12-5-9-8-4(13-5)2-3-6-10-11-7-3/h2H2,1H3,(H,6,7,10,11). The van der Waals surface area contributed by atoms with Crippen LogP contribution in [-0.2, 0) is 6.42 Å². The molecule has 0 saturated carbocycles. The van der Waals surface area contributed by atoms with E-state index in [9.17, 15) is 0 Å². The fourth-order valence-corrected chi connectivity index (χ4v) is 1.43. The number of ether oxygens (including phenoxy) is 1. The normalized spacial score (nSPS) is 10.2. The summed E-state index contributed by atoms with van der Waals surface area (Å²) in [6.07, 6.45) is 0.525. The van der Waals surface area contributed by atoms with Crippen molar-refractivity contribution in [3.05, 3.63) is 10.8 Å². The van der Waals surface area contributed by atoms with Crippen LogP contribution >= 0.6 is 11.3 Å². The molecule has 7 nitrogen and oxygen atoms in total. The maximum Gasteiger partial charge on any atom is 0.293 e. The van der Waals surface area contributed by atoms with Crippen LogP contribution in [-0.4, -0.2) is 37.9 Å². The Morgan fingerprint density at radius 1 is 1.38 bits per heavy atom. The van der Waals surface area contributed by atoms with E-state index >= 15 is 0 Å². The van der Waals surface area contributed by atoms with Gasteiger partial charge in [0.1, 0.15) is 5.01 Å². The molecule has 0 saturated heterocycles. The van der Waals surface area contributed by atoms with Crippen LogP contribution in [0, 0.1) is 0 Å². The fourth-order valence-electron chi connectivity index (χ4n) is 0.785. The zero-order valence-corrected chi connectivity index (χ0v) is 7.58. The zero-order chi connectivity index (χ0) is 9.10. The summed E-state index contributed by atoms with van der Waals surface area (Å²) in [5.41, 5.74) is 0. The number of hydrogen-bond donors (Lipinski definition) is 1. The minimum atomic E-state index is 0.525. The highest BCUT2D eigenvalue weighted by molar-refractivity contribution is 7.13. The SMILES string of the molecule is COc1nnc(Cc2nn[nH]n2)s1. The smallest absolute Gasteiger partial charge is 0.293 e. The van der Waals surface area contributed by atoms with E-state index in [0.717, 1.165) is 5.01 Å². The van der Waals surface area contributed by atoms with Crippen LogP contribution in [0.3, 0.4) is 0 Å². The number of aromatic nitrogens is 6. The Balaban J connectivity index is 2.10. The molecule has 0 fully saturated rings. The fraction of sp³-hybridized carbons (Fsp3) is 0.400. The summed E-state index contributed by atoms with van der Waals surface area (Å²) in [7, 11) is 1.55. The van der Waals surface area contributed by atoms with Crippen LogP contribution in [0.2, 0.25) is 0 Å². The van der Waals surface area contributed by atoms with E-state index in [1.807, 2.05) is 0 Å². The number of nitrogens with zero attached hydrogens (tertiary/aromatic N) is 5. The molecule has 2 rings (SSSR count). The largest absolute Gasteiger partial charge is 0.472 e. The topological polar surface area (TPSA) is 89.5 Å². The van der Waals surface area contributed by atoms with Crippen LogP contribution < -0.4 is 4.74 Å². The number of H-pyrrole nitrogens is 1. The first kappa shape index (κ1) is 8.05. The average Bonchev–Trinajstić information content (AvgIpc) is 2.76. The van der Waals surface area contributed by atoms with E-state index in [-0.39, 0.29) is 0 Å². The summed E-state index contributed by atoms with van der Waals surface area (Å²) in [4.78, 5) is 0. The van der Waals surface area contributed by atoms with Crippen LogP contribution in [0.4, 0.5) is 0 Å². The summed E-state index contributed by atoms with van der Waals surface area (Å²) >= 11 is 1.36. The van der Waals surface area contributed by atoms with Crippen LogP contribution in [0.5, 0.6) is 5.19 Å². The number of hydrogen-bond acceptors (Lipinski definition) is 7. The van der Waals surface area contributed by atoms with Gasteiger partial charge in [-0.05, 0) is 0 Å². The second-order valence-corrected chi connectivity index (χ2v) is 3.20. The summed E-state index contributed by atoms with van der Waals surface area (Å²) in [6.45, 7) is 0. The quantitative estimate of drug-likeness (QED) is 0.725. The molecule has 68 valence electrons. The van der Waals surface area contributed by atoms with Crippen molar-refractivity contribution in [2.24, 2.45) is 0 Å². The molecule has 0 spiro atoms. The van der Waals surface area contributed by atoms with Gasteiger partial charge >= 0.3 is 0 Å². The molecule has 2 heterocycles. The van der Waals surface area contributed by atoms with Gasteiger partial charge in [-0.3, -0.25) is 0 Å². The highest BCUT2D eigenvalue weighted by Gasteiger charge is 2.07. The molecule has 13 heavy (non-hydrogen) atoms. The van der Waals surface area contributed by atoms with E-state index in [4.69, 9.17) is 4.74 Å². The summed E-state index contributed by atoms with van der Waals surface area (Å²) < 4.78 is 4.89. The van der Waals surface area contributed by atoms with Gasteiger partial charge in [0.25, 0.3) is 5.19 Å². The average molecular weight is 198 g/mol. The molecule has 0 aliphatic carbocycles. The molecular formula is C5H6N6OS. The van der Waals surface area contributed by atoms with Gasteiger partial charge in [0.2, 0.25) is 0 Å². The maximum absolute atomic E-state index is 4.89. The lowest BCUT2D eigenvalue weighted by molar-refractivity contribution is 0.407. The van der Waals surface area contributed by atoms with E-state index in [1.54, 1.807) is 7.11 Å². The maximum atomic E-state index is 4.89. The van der Waals surface area contributed by atoms with Crippen molar-refractivity contribution in [1.29, 1.82) is 0 Å². The van der Waals surface area contributed by atoms with Gasteiger partial charge in [-0.1, -0.05) is 16.6 Å². The van der Waals surface area contributed by atoms with Gasteiger partial charge < -0.3 is 4.74 Å². The van der Waals surface area contributed by atoms with Gasteiger partial charge in [0, 0.05) is 0 Å². The van der Waals surface area contributed by atoms with Crippen molar-refractivity contribution in [1.82, 2.24) is 30.8 Å². The zero-order valence-electron chi connectivity index (χ0n) is 6.76. The molecule has 0 unspecified atom stereocenters. The van der Waals surface area contributed by atoms with Crippen molar-refractivity contribution in [3.8, 4) is 5.19 Å². The van der Waals surface area contributed by atoms with E-state index < -0.39 is 0 Å². The Morgan fingerprint density at radius 3 is 2.92 bits per heavy atom. The van der Waals surface area contributed by atoms with Gasteiger partial charge in [-0.2, -0.15) is 5.21 Å². The Kier molecular flexibility index (Phi) is 2.13. The predicted molar refractivity (Wildman–Crippen MR) is 43.4 cm³/mol. The Hall–Kier alpha value is -1.57. The van der Waals surface area contributed by atoms with Crippen molar-refractivity contribution in [3.63, 3.8) is 0 Å². The van der Waals surface area contributed by atoms with Crippen molar-refractivity contribution < 1.29 is 4.74 Å². The van der Waals surface area contributed by atoms with Crippen LogP contribution in [0.25, 0.3) is 0 Å². The lowest BCUT2D eigenvalue weighted by Crippen LogP contribution is -1.89. The molecule has 2 aromatic rings. The molecule has 8 heteroatoms. The molecule has 0 radical (unpaired) electrons. The Labute approximate surface area is 77.2 Å². The van der Waals surface area contributed by atoms with Gasteiger partial charge in [-0.25, -0.2) is 0 Å². The number of methoxy groups -OCH3 is 1. The third-order valence-corrected chi connectivity index (χ3v) is 2.21. The highest BCUT2D eigenvalue weighted by Crippen LogP contribution is 2.18. The number of aromatic amines is 1. The second-order valence-electron chi connectivity index (χ2n) is 2.17. The lowest BCUT2D eigenvalue weighted by Gasteiger charge is -1.85. The lowest BCUT2D eigenvalue weighted by atomic mass is 10.4. The first-order chi connectivity index (χ1) is 6.38. The summed E-state index contributed by atoms with van der Waals surface area (Å²) in [5, 5.41) is 22.4. The summed E-state index contributed by atoms with van der Waals surface area (Å²) in [6, 6.07) is 0.